The van der Waals surface area contributed by atoms with Crippen LogP contribution in [0.3, 0.4) is 0 Å². The Kier molecular flexibility index (Phi) is 9.66. The lowest BCUT2D eigenvalue weighted by Gasteiger charge is -2.35. The topological polar surface area (TPSA) is 111 Å². The Balaban J connectivity index is 1.44. The molecule has 5 rings (SSSR count). The minimum atomic E-state index is -4.66. The van der Waals surface area contributed by atoms with Crippen LogP contribution in [0.2, 0.25) is 30.7 Å². The molecule has 3 unspecified atom stereocenters. The van der Waals surface area contributed by atoms with Crippen LogP contribution in [-0.2, 0) is 24.1 Å². The Bertz CT molecular complexity index is 1840. The first kappa shape index (κ1) is 34.3. The number of rotatable bonds is 11. The zero-order chi connectivity index (χ0) is 34.1. The van der Waals surface area contributed by atoms with Gasteiger partial charge in [-0.15, -0.1) is 5.10 Å². The maximum absolute atomic E-state index is 14.4. The second kappa shape index (κ2) is 13.2. The summed E-state index contributed by atoms with van der Waals surface area (Å²) in [6.45, 7) is 6.55. The fourth-order valence-electron chi connectivity index (χ4n) is 6.43. The van der Waals surface area contributed by atoms with Crippen LogP contribution in [0.25, 0.3) is 10.9 Å². The van der Waals surface area contributed by atoms with Gasteiger partial charge in [0.2, 0.25) is 0 Å². The molecule has 1 saturated carbocycles. The summed E-state index contributed by atoms with van der Waals surface area (Å²) in [4.78, 5) is 40.7. The molecule has 1 aromatic heterocycles. The van der Waals surface area contributed by atoms with E-state index in [9.17, 15) is 32.7 Å². The van der Waals surface area contributed by atoms with Crippen molar-refractivity contribution in [1.82, 2.24) is 15.0 Å². The highest BCUT2D eigenvalue weighted by Crippen LogP contribution is 2.53. The van der Waals surface area contributed by atoms with E-state index in [2.05, 4.69) is 30.0 Å². The molecule has 0 amide bonds. The van der Waals surface area contributed by atoms with Crippen molar-refractivity contribution in [3.05, 3.63) is 98.8 Å². The number of alkyl halides is 3. The summed E-state index contributed by atoms with van der Waals surface area (Å²) in [5.41, 5.74) is -1.78. The number of aromatic nitrogens is 3. The standard InChI is InChI=1S/C34H35ClF3N3O5Si/c1-47(2,3)17-16-33(30(42)22-6-11-26(12-7-22)46-20-21-4-9-25(35)10-5-21)15-14-23(29(33)32(44)45)19-41-31(43)27-18-24(34(36,37)38)8-13-28(27)39-40-41/h4-13,18,23,29H,14-17,19-20H2,1-3H3,(H,44,45). The molecule has 3 aromatic carbocycles. The number of ether oxygens (including phenoxy) is 1. The lowest BCUT2D eigenvalue weighted by molar-refractivity contribution is -0.146. The number of hydrogen-bond donors (Lipinski definition) is 1. The van der Waals surface area contributed by atoms with Crippen LogP contribution in [-0.4, -0.2) is 39.9 Å². The number of halogens is 4. The van der Waals surface area contributed by atoms with Gasteiger partial charge >= 0.3 is 12.1 Å². The molecule has 1 fully saturated rings. The molecule has 0 bridgehead atoms. The highest BCUT2D eigenvalue weighted by Gasteiger charge is 2.56. The van der Waals surface area contributed by atoms with E-state index in [4.69, 9.17) is 16.3 Å². The molecular weight excluding hydrogens is 651 g/mol. The number of nitrogens with zero attached hydrogens (tertiary/aromatic N) is 3. The smallest absolute Gasteiger partial charge is 0.416 e. The predicted molar refractivity (Wildman–Crippen MR) is 174 cm³/mol. The Labute approximate surface area is 275 Å². The van der Waals surface area contributed by atoms with Gasteiger partial charge < -0.3 is 9.84 Å². The summed E-state index contributed by atoms with van der Waals surface area (Å²) in [6, 6.07) is 17.2. The zero-order valence-corrected chi connectivity index (χ0v) is 27.9. The van der Waals surface area contributed by atoms with Crippen LogP contribution in [0.1, 0.15) is 40.7 Å². The lowest BCUT2D eigenvalue weighted by Crippen LogP contribution is -2.43. The molecular formula is C34H35ClF3N3O5Si. The summed E-state index contributed by atoms with van der Waals surface area (Å²) in [5, 5.41) is 18.8. The van der Waals surface area contributed by atoms with Crippen LogP contribution in [0, 0.1) is 17.3 Å². The number of Topliss-reactive ketones (excluding diaryl/α,β-unsaturated/α-hetero) is 1. The van der Waals surface area contributed by atoms with Gasteiger partial charge in [0.25, 0.3) is 5.56 Å². The van der Waals surface area contributed by atoms with Crippen LogP contribution in [0.4, 0.5) is 13.2 Å². The Morgan fingerprint density at radius 1 is 1.06 bits per heavy atom. The lowest BCUT2D eigenvalue weighted by atomic mass is 9.68. The molecule has 0 spiro atoms. The van der Waals surface area contributed by atoms with Gasteiger partial charge in [0.1, 0.15) is 17.9 Å². The third-order valence-corrected chi connectivity index (χ3v) is 11.0. The van der Waals surface area contributed by atoms with E-state index in [1.54, 1.807) is 36.4 Å². The van der Waals surface area contributed by atoms with Crippen molar-refractivity contribution in [3.63, 3.8) is 0 Å². The maximum Gasteiger partial charge on any atom is 0.416 e. The molecule has 1 heterocycles. The predicted octanol–water partition coefficient (Wildman–Crippen LogP) is 7.75. The van der Waals surface area contributed by atoms with E-state index in [-0.39, 0.29) is 29.7 Å². The molecule has 0 saturated heterocycles. The Morgan fingerprint density at radius 3 is 2.36 bits per heavy atom. The highest BCUT2D eigenvalue weighted by atomic mass is 35.5. The summed E-state index contributed by atoms with van der Waals surface area (Å²) >= 11 is 5.95. The van der Waals surface area contributed by atoms with Gasteiger partial charge in [-0.25, -0.2) is 4.68 Å². The van der Waals surface area contributed by atoms with Gasteiger partial charge in [0, 0.05) is 24.1 Å². The van der Waals surface area contributed by atoms with Crippen molar-refractivity contribution in [1.29, 1.82) is 0 Å². The summed E-state index contributed by atoms with van der Waals surface area (Å²) in [7, 11) is -1.74. The van der Waals surface area contributed by atoms with E-state index < -0.39 is 48.6 Å². The van der Waals surface area contributed by atoms with Crippen molar-refractivity contribution in [2.75, 3.05) is 0 Å². The second-order valence-corrected chi connectivity index (χ2v) is 19.5. The monoisotopic (exact) mass is 685 g/mol. The normalized spacial score (nSPS) is 20.0. The van der Waals surface area contributed by atoms with E-state index in [0.29, 0.717) is 41.8 Å². The van der Waals surface area contributed by atoms with Gasteiger partial charge in [0.15, 0.2) is 5.78 Å². The first-order chi connectivity index (χ1) is 22.1. The number of fused-ring (bicyclic) bond motifs is 1. The van der Waals surface area contributed by atoms with E-state index in [1.807, 2.05) is 12.1 Å². The molecule has 13 heteroatoms. The van der Waals surface area contributed by atoms with Crippen LogP contribution >= 0.6 is 11.6 Å². The Morgan fingerprint density at radius 2 is 1.74 bits per heavy atom. The quantitative estimate of drug-likeness (QED) is 0.127. The summed E-state index contributed by atoms with van der Waals surface area (Å²) in [5.74, 6) is -2.76. The van der Waals surface area contributed by atoms with Crippen molar-refractivity contribution in [2.24, 2.45) is 17.3 Å². The molecule has 3 atom stereocenters. The number of aliphatic carboxylic acids is 1. The molecule has 8 nitrogen and oxygen atoms in total. The second-order valence-electron chi connectivity index (χ2n) is 13.4. The van der Waals surface area contributed by atoms with Crippen molar-refractivity contribution >= 4 is 42.3 Å². The van der Waals surface area contributed by atoms with Gasteiger partial charge in [-0.1, -0.05) is 54.6 Å². The van der Waals surface area contributed by atoms with E-state index in [1.165, 1.54) is 0 Å². The highest BCUT2D eigenvalue weighted by molar-refractivity contribution is 6.76. The molecule has 47 heavy (non-hydrogen) atoms. The van der Waals surface area contributed by atoms with Gasteiger partial charge in [-0.2, -0.15) is 13.2 Å². The Hall–Kier alpha value is -4.03. The molecule has 248 valence electrons. The number of ketones is 1. The molecule has 1 aliphatic carbocycles. The average Bonchev–Trinajstić information content (AvgIpc) is 3.39. The molecule has 1 N–H and O–H groups in total. The van der Waals surface area contributed by atoms with E-state index >= 15 is 0 Å². The van der Waals surface area contributed by atoms with Crippen LogP contribution in [0.5, 0.6) is 5.75 Å². The number of carbonyl (C=O) groups is 2. The summed E-state index contributed by atoms with van der Waals surface area (Å²) in [6.07, 6.45) is -3.71. The minimum Gasteiger partial charge on any atom is -0.489 e. The SMILES string of the molecule is C[Si](C)(C)CCC1(C(=O)c2ccc(OCc3ccc(Cl)cc3)cc2)CCC(Cn2nnc3ccc(C(F)(F)F)cc3c2=O)C1C(=O)O. The average molecular weight is 686 g/mol. The number of carbonyl (C=O) groups excluding carboxylic acids is 1. The number of carboxylic acids is 1. The minimum absolute atomic E-state index is 0.000657. The molecule has 0 radical (unpaired) electrons. The fraction of sp³-hybridized carbons (Fsp3) is 0.382. The van der Waals surface area contributed by atoms with E-state index in [0.717, 1.165) is 28.4 Å². The van der Waals surface area contributed by atoms with Crippen molar-refractivity contribution in [3.8, 4) is 5.75 Å². The third-order valence-electron chi connectivity index (χ3n) is 8.96. The number of carboxylic acid groups (broad SMARTS) is 1. The number of hydrogen-bond acceptors (Lipinski definition) is 6. The third kappa shape index (κ3) is 7.59. The maximum atomic E-state index is 14.4. The zero-order valence-electron chi connectivity index (χ0n) is 26.2. The largest absolute Gasteiger partial charge is 0.489 e. The first-order valence-electron chi connectivity index (χ1n) is 15.3. The van der Waals surface area contributed by atoms with Crippen LogP contribution in [0.15, 0.2) is 71.5 Å². The van der Waals surface area contributed by atoms with Crippen molar-refractivity contribution in [2.45, 2.75) is 64.3 Å². The van der Waals surface area contributed by atoms with Gasteiger partial charge in [-0.3, -0.25) is 14.4 Å². The van der Waals surface area contributed by atoms with Crippen molar-refractivity contribution < 1.29 is 32.6 Å². The first-order valence-corrected chi connectivity index (χ1v) is 19.4. The van der Waals surface area contributed by atoms with Gasteiger partial charge in [-0.05, 0) is 85.3 Å². The summed E-state index contributed by atoms with van der Waals surface area (Å²) < 4.78 is 46.9. The van der Waals surface area contributed by atoms with Crippen LogP contribution < -0.4 is 10.3 Å². The van der Waals surface area contributed by atoms with Gasteiger partial charge in [0.05, 0.1) is 23.4 Å². The number of benzene rings is 3. The molecule has 1 aliphatic rings. The molecule has 4 aromatic rings. The fourth-order valence-corrected chi connectivity index (χ4v) is 7.75. The molecule has 0 aliphatic heterocycles.